The molecule has 0 atom stereocenters. The van der Waals surface area contributed by atoms with Crippen LogP contribution in [-0.4, -0.2) is 26.6 Å². The molecule has 0 aromatic carbocycles. The fourth-order valence-electron chi connectivity index (χ4n) is 1.83. The van der Waals surface area contributed by atoms with Gasteiger partial charge in [0.15, 0.2) is 0 Å². The maximum Gasteiger partial charge on any atom is 0.226 e. The first-order chi connectivity index (χ1) is 8.90. The Hall–Kier alpha value is -1.75. The summed E-state index contributed by atoms with van der Waals surface area (Å²) in [5, 5.41) is 7.59. The lowest BCUT2D eigenvalue weighted by Crippen LogP contribution is -2.27. The zero-order valence-electron chi connectivity index (χ0n) is 12.4. The van der Waals surface area contributed by atoms with Gasteiger partial charge in [-0.3, -0.25) is 0 Å². The number of aryl methyl sites for hydroxylation is 1. The molecule has 0 aliphatic rings. The largest absolute Gasteiger partial charge is 0.365 e. The molecule has 0 aliphatic carbocycles. The summed E-state index contributed by atoms with van der Waals surface area (Å²) in [7, 11) is 1.98. The zero-order valence-corrected chi connectivity index (χ0v) is 13.2. The molecule has 6 heteroatoms. The normalized spacial score (nSPS) is 11.0. The van der Waals surface area contributed by atoms with Crippen LogP contribution in [0.15, 0.2) is 24.9 Å². The molecule has 0 amide bonds. The van der Waals surface area contributed by atoms with Crippen LogP contribution in [0, 0.1) is 0 Å². The number of rotatable bonds is 4. The molecule has 0 radical (unpaired) electrons. The van der Waals surface area contributed by atoms with E-state index in [9.17, 15) is 0 Å². The molecule has 0 bridgehead atoms. The number of nitrogens with one attached hydrogen (secondary N) is 2. The summed E-state index contributed by atoms with van der Waals surface area (Å²) < 4.78 is 1.99. The molecule has 20 heavy (non-hydrogen) atoms. The SMILES string of the molecule is C=CCNc1nc(NC(C)(C)C)c2ccn(C)c2n1.Cl. The Morgan fingerprint density at radius 2 is 2.05 bits per heavy atom. The highest BCUT2D eigenvalue weighted by Crippen LogP contribution is 2.25. The number of aromatic nitrogens is 3. The molecule has 2 rings (SSSR count). The van der Waals surface area contributed by atoms with E-state index in [0.717, 1.165) is 16.9 Å². The first kappa shape index (κ1) is 16.3. The van der Waals surface area contributed by atoms with E-state index in [1.54, 1.807) is 6.08 Å². The molecule has 2 aromatic rings. The number of fused-ring (bicyclic) bond motifs is 1. The minimum Gasteiger partial charge on any atom is -0.365 e. The van der Waals surface area contributed by atoms with E-state index in [0.29, 0.717) is 12.5 Å². The molecular formula is C14H22ClN5. The summed E-state index contributed by atoms with van der Waals surface area (Å²) in [5.41, 5.74) is 0.862. The molecule has 0 spiro atoms. The van der Waals surface area contributed by atoms with Crippen LogP contribution in [0.3, 0.4) is 0 Å². The van der Waals surface area contributed by atoms with E-state index in [2.05, 4.69) is 48.0 Å². The van der Waals surface area contributed by atoms with Crippen LogP contribution < -0.4 is 10.6 Å². The lowest BCUT2D eigenvalue weighted by Gasteiger charge is -2.22. The third kappa shape index (κ3) is 3.63. The molecule has 0 unspecified atom stereocenters. The van der Waals surface area contributed by atoms with Crippen molar-refractivity contribution in [3.8, 4) is 0 Å². The number of nitrogens with zero attached hydrogens (tertiary/aromatic N) is 3. The highest BCUT2D eigenvalue weighted by Gasteiger charge is 2.15. The van der Waals surface area contributed by atoms with Crippen molar-refractivity contribution in [2.24, 2.45) is 7.05 Å². The van der Waals surface area contributed by atoms with Crippen molar-refractivity contribution in [3.63, 3.8) is 0 Å². The Kier molecular flexibility index (Phi) is 5.00. The predicted molar refractivity (Wildman–Crippen MR) is 87.8 cm³/mol. The van der Waals surface area contributed by atoms with Gasteiger partial charge in [-0.1, -0.05) is 6.08 Å². The number of halogens is 1. The Bertz CT molecular complexity index is 597. The molecule has 0 fully saturated rings. The van der Waals surface area contributed by atoms with Gasteiger partial charge in [-0.15, -0.1) is 19.0 Å². The summed E-state index contributed by atoms with van der Waals surface area (Å²) >= 11 is 0. The minimum atomic E-state index is -0.0488. The van der Waals surface area contributed by atoms with Crippen LogP contribution in [0.1, 0.15) is 20.8 Å². The minimum absolute atomic E-state index is 0. The molecule has 0 aliphatic heterocycles. The Balaban J connectivity index is 0.00000200. The summed E-state index contributed by atoms with van der Waals surface area (Å²) in [4.78, 5) is 9.06. The fourth-order valence-corrected chi connectivity index (χ4v) is 1.83. The molecule has 2 heterocycles. The van der Waals surface area contributed by atoms with Crippen LogP contribution >= 0.6 is 12.4 Å². The first-order valence-electron chi connectivity index (χ1n) is 6.37. The topological polar surface area (TPSA) is 54.8 Å². The average molecular weight is 296 g/mol. The van der Waals surface area contributed by atoms with Gasteiger partial charge in [-0.05, 0) is 26.8 Å². The molecule has 110 valence electrons. The zero-order chi connectivity index (χ0) is 14.0. The Labute approximate surface area is 125 Å². The lowest BCUT2D eigenvalue weighted by molar-refractivity contribution is 0.631. The molecular weight excluding hydrogens is 274 g/mol. The number of hydrogen-bond donors (Lipinski definition) is 2. The van der Waals surface area contributed by atoms with Crippen LogP contribution in [0.4, 0.5) is 11.8 Å². The number of hydrogen-bond acceptors (Lipinski definition) is 4. The fraction of sp³-hybridized carbons (Fsp3) is 0.429. The Morgan fingerprint density at radius 1 is 1.35 bits per heavy atom. The van der Waals surface area contributed by atoms with Gasteiger partial charge in [0.1, 0.15) is 11.5 Å². The third-order valence-corrected chi connectivity index (χ3v) is 2.62. The summed E-state index contributed by atoms with van der Waals surface area (Å²) in [6.07, 6.45) is 3.78. The van der Waals surface area contributed by atoms with Crippen LogP contribution in [0.2, 0.25) is 0 Å². The second-order valence-corrected chi connectivity index (χ2v) is 5.60. The van der Waals surface area contributed by atoms with Crippen molar-refractivity contribution < 1.29 is 0 Å². The van der Waals surface area contributed by atoms with Crippen LogP contribution in [0.25, 0.3) is 11.0 Å². The maximum absolute atomic E-state index is 4.54. The van der Waals surface area contributed by atoms with Gasteiger partial charge in [-0.2, -0.15) is 9.97 Å². The van der Waals surface area contributed by atoms with E-state index in [1.165, 1.54) is 0 Å². The van der Waals surface area contributed by atoms with Crippen molar-refractivity contribution in [1.29, 1.82) is 0 Å². The van der Waals surface area contributed by atoms with Gasteiger partial charge in [-0.25, -0.2) is 0 Å². The van der Waals surface area contributed by atoms with E-state index in [1.807, 2.05) is 23.9 Å². The van der Waals surface area contributed by atoms with Gasteiger partial charge in [0.25, 0.3) is 0 Å². The maximum atomic E-state index is 4.54. The Morgan fingerprint density at radius 3 is 2.65 bits per heavy atom. The van der Waals surface area contributed by atoms with Gasteiger partial charge < -0.3 is 15.2 Å². The molecule has 0 saturated heterocycles. The summed E-state index contributed by atoms with van der Waals surface area (Å²) in [6.45, 7) is 10.7. The molecule has 2 N–H and O–H groups in total. The van der Waals surface area contributed by atoms with Gasteiger partial charge >= 0.3 is 0 Å². The van der Waals surface area contributed by atoms with Gasteiger partial charge in [0.05, 0.1) is 5.39 Å². The van der Waals surface area contributed by atoms with Crippen molar-refractivity contribution >= 4 is 35.2 Å². The van der Waals surface area contributed by atoms with Gasteiger partial charge in [0.2, 0.25) is 5.95 Å². The third-order valence-electron chi connectivity index (χ3n) is 2.62. The standard InChI is InChI=1S/C14H21N5.ClH/c1-6-8-15-13-16-11(18-14(2,3)4)10-7-9-19(5)12(10)17-13;/h6-7,9H,1,8H2,2-5H3,(H2,15,16,17,18);1H. The van der Waals surface area contributed by atoms with Crippen LogP contribution in [-0.2, 0) is 7.05 Å². The monoisotopic (exact) mass is 295 g/mol. The predicted octanol–water partition coefficient (Wildman–Crippen LogP) is 3.20. The smallest absolute Gasteiger partial charge is 0.226 e. The van der Waals surface area contributed by atoms with Crippen molar-refractivity contribution in [2.45, 2.75) is 26.3 Å². The van der Waals surface area contributed by atoms with E-state index in [-0.39, 0.29) is 17.9 Å². The van der Waals surface area contributed by atoms with E-state index >= 15 is 0 Å². The molecule has 5 nitrogen and oxygen atoms in total. The second-order valence-electron chi connectivity index (χ2n) is 5.60. The highest BCUT2D eigenvalue weighted by atomic mass is 35.5. The lowest BCUT2D eigenvalue weighted by atomic mass is 10.1. The van der Waals surface area contributed by atoms with Gasteiger partial charge in [0, 0.05) is 25.3 Å². The molecule has 0 saturated carbocycles. The first-order valence-corrected chi connectivity index (χ1v) is 6.37. The summed E-state index contributed by atoms with van der Waals surface area (Å²) in [6, 6.07) is 2.03. The van der Waals surface area contributed by atoms with Crippen LogP contribution in [0.5, 0.6) is 0 Å². The quantitative estimate of drug-likeness (QED) is 0.851. The highest BCUT2D eigenvalue weighted by molar-refractivity contribution is 5.88. The van der Waals surface area contributed by atoms with Crippen molar-refractivity contribution in [1.82, 2.24) is 14.5 Å². The van der Waals surface area contributed by atoms with Crippen molar-refractivity contribution in [2.75, 3.05) is 17.2 Å². The van der Waals surface area contributed by atoms with E-state index < -0.39 is 0 Å². The summed E-state index contributed by atoms with van der Waals surface area (Å²) in [5.74, 6) is 1.46. The molecule has 2 aromatic heterocycles. The van der Waals surface area contributed by atoms with Crippen molar-refractivity contribution in [3.05, 3.63) is 24.9 Å². The number of anilines is 2. The average Bonchev–Trinajstić information content (AvgIpc) is 2.67. The van der Waals surface area contributed by atoms with E-state index in [4.69, 9.17) is 0 Å². The second kappa shape index (κ2) is 6.13.